The number of rotatable bonds is 6. The van der Waals surface area contributed by atoms with E-state index in [1.807, 2.05) is 24.3 Å². The summed E-state index contributed by atoms with van der Waals surface area (Å²) >= 11 is 0. The van der Waals surface area contributed by atoms with Gasteiger partial charge < -0.3 is 14.5 Å². The van der Waals surface area contributed by atoms with Crippen LogP contribution in [0.2, 0.25) is 0 Å². The second-order valence-corrected chi connectivity index (χ2v) is 8.54. The Hall–Kier alpha value is -1.80. The van der Waals surface area contributed by atoms with E-state index in [0.29, 0.717) is 13.1 Å². The van der Waals surface area contributed by atoms with Gasteiger partial charge in [0.15, 0.2) is 0 Å². The summed E-state index contributed by atoms with van der Waals surface area (Å²) in [5.41, 5.74) is 1.10. The van der Waals surface area contributed by atoms with Crippen LogP contribution in [0.25, 0.3) is 0 Å². The highest BCUT2D eigenvalue weighted by Gasteiger charge is 2.37. The molecule has 0 unspecified atom stereocenters. The highest BCUT2D eigenvalue weighted by molar-refractivity contribution is 7.88. The molecule has 138 valence electrons. The SMILES string of the molecule is COc1ccc(N2CCN(C(=O)CN(C3CC3)S(C)(=O)=O)CC2)cc1. The van der Waals surface area contributed by atoms with Gasteiger partial charge in [-0.15, -0.1) is 0 Å². The number of anilines is 1. The van der Waals surface area contributed by atoms with Crippen LogP contribution in [0, 0.1) is 0 Å². The summed E-state index contributed by atoms with van der Waals surface area (Å²) in [6, 6.07) is 7.88. The van der Waals surface area contributed by atoms with Crippen molar-refractivity contribution in [1.29, 1.82) is 0 Å². The molecule has 0 bridgehead atoms. The Labute approximate surface area is 149 Å². The molecule has 1 heterocycles. The van der Waals surface area contributed by atoms with E-state index in [1.165, 1.54) is 10.6 Å². The molecule has 25 heavy (non-hydrogen) atoms. The Bertz CT molecular complexity index is 708. The molecule has 8 heteroatoms. The van der Waals surface area contributed by atoms with Gasteiger partial charge in [-0.05, 0) is 37.1 Å². The number of amides is 1. The van der Waals surface area contributed by atoms with E-state index in [-0.39, 0.29) is 18.5 Å². The molecule has 2 aliphatic rings. The fourth-order valence-electron chi connectivity index (χ4n) is 3.12. The number of nitrogens with zero attached hydrogens (tertiary/aromatic N) is 3. The maximum atomic E-state index is 12.5. The molecular weight excluding hydrogens is 342 g/mol. The summed E-state index contributed by atoms with van der Waals surface area (Å²) in [7, 11) is -1.69. The van der Waals surface area contributed by atoms with Gasteiger partial charge >= 0.3 is 0 Å². The minimum atomic E-state index is -3.33. The topological polar surface area (TPSA) is 70.2 Å². The molecule has 0 spiro atoms. The predicted octanol–water partition coefficient (Wildman–Crippen LogP) is 0.768. The summed E-state index contributed by atoms with van der Waals surface area (Å²) in [6.07, 6.45) is 2.89. The van der Waals surface area contributed by atoms with E-state index in [4.69, 9.17) is 4.74 Å². The molecular formula is C17H25N3O4S. The summed E-state index contributed by atoms with van der Waals surface area (Å²) < 4.78 is 30.2. The number of carbonyl (C=O) groups excluding carboxylic acids is 1. The quantitative estimate of drug-likeness (QED) is 0.743. The fraction of sp³-hybridized carbons (Fsp3) is 0.588. The molecule has 0 aromatic heterocycles. The minimum Gasteiger partial charge on any atom is -0.497 e. The zero-order chi connectivity index (χ0) is 18.0. The first kappa shape index (κ1) is 18.0. The van der Waals surface area contributed by atoms with Crippen LogP contribution in [0.1, 0.15) is 12.8 Å². The Balaban J connectivity index is 1.55. The zero-order valence-corrected chi connectivity index (χ0v) is 15.5. The molecule has 1 aliphatic heterocycles. The lowest BCUT2D eigenvalue weighted by Crippen LogP contribution is -2.52. The molecule has 0 N–H and O–H groups in total. The Morgan fingerprint density at radius 2 is 1.76 bits per heavy atom. The van der Waals surface area contributed by atoms with Gasteiger partial charge in [-0.2, -0.15) is 4.31 Å². The van der Waals surface area contributed by atoms with Gasteiger partial charge in [0, 0.05) is 37.9 Å². The third-order valence-corrected chi connectivity index (χ3v) is 6.02. The molecule has 2 fully saturated rings. The van der Waals surface area contributed by atoms with Crippen molar-refractivity contribution in [3.63, 3.8) is 0 Å². The van der Waals surface area contributed by atoms with E-state index in [0.717, 1.165) is 37.4 Å². The summed E-state index contributed by atoms with van der Waals surface area (Å²) in [6.45, 7) is 2.65. The average Bonchev–Trinajstić information content (AvgIpc) is 3.43. The summed E-state index contributed by atoms with van der Waals surface area (Å²) in [4.78, 5) is 16.5. The van der Waals surface area contributed by atoms with Crippen LogP contribution in [-0.4, -0.2) is 75.7 Å². The number of hydrogen-bond donors (Lipinski definition) is 0. The molecule has 0 radical (unpaired) electrons. The van der Waals surface area contributed by atoms with Crippen molar-refractivity contribution in [2.45, 2.75) is 18.9 Å². The van der Waals surface area contributed by atoms with Gasteiger partial charge in [0.05, 0.1) is 19.9 Å². The maximum Gasteiger partial charge on any atom is 0.238 e. The van der Waals surface area contributed by atoms with Gasteiger partial charge in [-0.3, -0.25) is 4.79 Å². The second-order valence-electron chi connectivity index (χ2n) is 6.61. The standard InChI is InChI=1S/C17H25N3O4S/c1-24-16-7-5-14(6-8-16)18-9-11-19(12-10-18)17(21)13-20(15-3-4-15)25(2,22)23/h5-8,15H,3-4,9-13H2,1-2H3. The van der Waals surface area contributed by atoms with Gasteiger partial charge in [0.1, 0.15) is 5.75 Å². The highest BCUT2D eigenvalue weighted by Crippen LogP contribution is 2.29. The molecule has 1 aliphatic carbocycles. The van der Waals surface area contributed by atoms with E-state index >= 15 is 0 Å². The fourth-order valence-corrected chi connectivity index (χ4v) is 4.22. The number of hydrogen-bond acceptors (Lipinski definition) is 5. The molecule has 1 amide bonds. The Kier molecular flexibility index (Phi) is 5.19. The molecule has 7 nitrogen and oxygen atoms in total. The van der Waals surface area contributed by atoms with Crippen LogP contribution < -0.4 is 9.64 Å². The van der Waals surface area contributed by atoms with Crippen LogP contribution >= 0.6 is 0 Å². The molecule has 1 aromatic carbocycles. The minimum absolute atomic E-state index is 0.0135. The number of piperazine rings is 1. The normalized spacial score (nSPS) is 18.5. The number of sulfonamides is 1. The first-order chi connectivity index (χ1) is 11.9. The smallest absolute Gasteiger partial charge is 0.238 e. The third-order valence-electron chi connectivity index (χ3n) is 4.74. The monoisotopic (exact) mass is 367 g/mol. The van der Waals surface area contributed by atoms with E-state index in [1.54, 1.807) is 12.0 Å². The number of ether oxygens (including phenoxy) is 1. The molecule has 3 rings (SSSR count). The van der Waals surface area contributed by atoms with Crippen molar-refractivity contribution in [3.8, 4) is 5.75 Å². The van der Waals surface area contributed by atoms with Crippen LogP contribution in [0.3, 0.4) is 0 Å². The summed E-state index contributed by atoms with van der Waals surface area (Å²) in [5, 5.41) is 0. The van der Waals surface area contributed by atoms with Crippen molar-refractivity contribution in [2.75, 3.05) is 51.0 Å². The van der Waals surface area contributed by atoms with Crippen molar-refractivity contribution in [3.05, 3.63) is 24.3 Å². The van der Waals surface area contributed by atoms with E-state index < -0.39 is 10.0 Å². The molecule has 1 saturated carbocycles. The van der Waals surface area contributed by atoms with Crippen molar-refractivity contribution >= 4 is 21.6 Å². The number of carbonyl (C=O) groups is 1. The van der Waals surface area contributed by atoms with Crippen molar-refractivity contribution in [2.24, 2.45) is 0 Å². The van der Waals surface area contributed by atoms with Crippen molar-refractivity contribution in [1.82, 2.24) is 9.21 Å². The Morgan fingerprint density at radius 3 is 2.24 bits per heavy atom. The average molecular weight is 367 g/mol. The molecule has 0 atom stereocenters. The lowest BCUT2D eigenvalue weighted by atomic mass is 10.2. The van der Waals surface area contributed by atoms with Crippen LogP contribution in [0.15, 0.2) is 24.3 Å². The van der Waals surface area contributed by atoms with Gasteiger partial charge in [-0.1, -0.05) is 0 Å². The maximum absolute atomic E-state index is 12.5. The van der Waals surface area contributed by atoms with Crippen LogP contribution in [-0.2, 0) is 14.8 Å². The predicted molar refractivity (Wildman–Crippen MR) is 96.4 cm³/mol. The van der Waals surface area contributed by atoms with Crippen LogP contribution in [0.4, 0.5) is 5.69 Å². The van der Waals surface area contributed by atoms with E-state index in [9.17, 15) is 13.2 Å². The van der Waals surface area contributed by atoms with Gasteiger partial charge in [0.25, 0.3) is 0 Å². The third kappa shape index (κ3) is 4.43. The number of benzene rings is 1. The second kappa shape index (κ2) is 7.21. The first-order valence-corrected chi connectivity index (χ1v) is 10.4. The van der Waals surface area contributed by atoms with Gasteiger partial charge in [-0.25, -0.2) is 8.42 Å². The van der Waals surface area contributed by atoms with E-state index in [2.05, 4.69) is 4.90 Å². The highest BCUT2D eigenvalue weighted by atomic mass is 32.2. The Morgan fingerprint density at radius 1 is 1.16 bits per heavy atom. The lowest BCUT2D eigenvalue weighted by Gasteiger charge is -2.37. The molecule has 1 aromatic rings. The largest absolute Gasteiger partial charge is 0.497 e. The first-order valence-electron chi connectivity index (χ1n) is 8.52. The lowest BCUT2D eigenvalue weighted by molar-refractivity contribution is -0.131. The van der Waals surface area contributed by atoms with Gasteiger partial charge in [0.2, 0.25) is 15.9 Å². The summed E-state index contributed by atoms with van der Waals surface area (Å²) in [5.74, 6) is 0.713. The van der Waals surface area contributed by atoms with Crippen LogP contribution in [0.5, 0.6) is 5.75 Å². The van der Waals surface area contributed by atoms with Crippen molar-refractivity contribution < 1.29 is 17.9 Å². The number of methoxy groups -OCH3 is 1. The molecule has 1 saturated heterocycles. The zero-order valence-electron chi connectivity index (χ0n) is 14.7.